The maximum Gasteiger partial charge on any atom is 0.293 e. The Hall–Kier alpha value is -1.71. The molecule has 1 heterocycles. The van der Waals surface area contributed by atoms with Crippen LogP contribution in [0.15, 0.2) is 24.5 Å². The van der Waals surface area contributed by atoms with Crippen LogP contribution in [0.4, 0.5) is 15.8 Å². The molecule has 0 saturated carbocycles. The summed E-state index contributed by atoms with van der Waals surface area (Å²) >= 11 is 1.72. The van der Waals surface area contributed by atoms with Crippen molar-refractivity contribution in [1.29, 1.82) is 0 Å². The molecule has 0 aliphatic heterocycles. The van der Waals surface area contributed by atoms with Crippen LogP contribution in [0.2, 0.25) is 0 Å². The summed E-state index contributed by atoms with van der Waals surface area (Å²) in [5.41, 5.74) is 0.825. The minimum absolute atomic E-state index is 0.150. The zero-order chi connectivity index (χ0) is 14.0. The number of anilines is 1. The lowest BCUT2D eigenvalue weighted by molar-refractivity contribution is -0.384. The molecular formula is C11H10FIN4O2. The normalized spacial score (nSPS) is 12.2. The predicted octanol–water partition coefficient (Wildman–Crippen LogP) is 3.23. The third-order valence-corrected chi connectivity index (χ3v) is 3.45. The minimum Gasteiger partial charge on any atom is -0.373 e. The van der Waals surface area contributed by atoms with E-state index in [9.17, 15) is 14.5 Å². The molecule has 2 rings (SSSR count). The van der Waals surface area contributed by atoms with Crippen LogP contribution in [0.1, 0.15) is 18.5 Å². The van der Waals surface area contributed by atoms with E-state index in [0.29, 0.717) is 0 Å². The van der Waals surface area contributed by atoms with Crippen molar-refractivity contribution < 1.29 is 9.31 Å². The van der Waals surface area contributed by atoms with Gasteiger partial charge in [0.2, 0.25) is 0 Å². The van der Waals surface area contributed by atoms with Crippen LogP contribution in [0.5, 0.6) is 0 Å². The van der Waals surface area contributed by atoms with E-state index in [2.05, 4.69) is 15.5 Å². The van der Waals surface area contributed by atoms with Crippen molar-refractivity contribution in [2.24, 2.45) is 0 Å². The topological polar surface area (TPSA) is 83.8 Å². The Balaban J connectivity index is 2.33. The number of aromatic nitrogens is 2. The maximum atomic E-state index is 13.5. The second-order valence-electron chi connectivity index (χ2n) is 3.94. The van der Waals surface area contributed by atoms with Gasteiger partial charge >= 0.3 is 0 Å². The van der Waals surface area contributed by atoms with Gasteiger partial charge in [0.1, 0.15) is 11.5 Å². The maximum absolute atomic E-state index is 13.5. The number of H-pyrrole nitrogens is 1. The molecule has 6 nitrogen and oxygen atoms in total. The van der Waals surface area contributed by atoms with E-state index in [1.807, 2.05) is 6.92 Å². The Bertz CT molecular complexity index is 603. The molecule has 0 aliphatic carbocycles. The van der Waals surface area contributed by atoms with Gasteiger partial charge in [-0.25, -0.2) is 4.39 Å². The lowest BCUT2D eigenvalue weighted by atomic mass is 10.1. The summed E-state index contributed by atoms with van der Waals surface area (Å²) in [6, 6.07) is 2.12. The summed E-state index contributed by atoms with van der Waals surface area (Å²) in [6.45, 7) is 1.81. The summed E-state index contributed by atoms with van der Waals surface area (Å²) in [6.07, 6.45) is 3.28. The van der Waals surface area contributed by atoms with Crippen LogP contribution in [0.25, 0.3) is 0 Å². The second kappa shape index (κ2) is 5.51. The first kappa shape index (κ1) is 13.7. The first-order chi connectivity index (χ1) is 8.99. The van der Waals surface area contributed by atoms with E-state index in [1.54, 1.807) is 35.0 Å². The van der Waals surface area contributed by atoms with Crippen molar-refractivity contribution in [2.75, 3.05) is 5.32 Å². The molecule has 0 saturated heterocycles. The predicted molar refractivity (Wildman–Crippen MR) is 76.4 cm³/mol. The van der Waals surface area contributed by atoms with Crippen molar-refractivity contribution in [3.05, 3.63) is 49.6 Å². The van der Waals surface area contributed by atoms with Gasteiger partial charge < -0.3 is 5.32 Å². The molecule has 2 aromatic rings. The highest BCUT2D eigenvalue weighted by Crippen LogP contribution is 2.31. The van der Waals surface area contributed by atoms with Crippen LogP contribution in [0.3, 0.4) is 0 Å². The molecule has 100 valence electrons. The third-order valence-electron chi connectivity index (χ3n) is 2.63. The molecule has 1 aromatic carbocycles. The van der Waals surface area contributed by atoms with Gasteiger partial charge in [-0.05, 0) is 29.5 Å². The molecule has 0 amide bonds. The molecule has 0 spiro atoms. The molecule has 2 N–H and O–H groups in total. The van der Waals surface area contributed by atoms with Gasteiger partial charge in [0, 0.05) is 23.9 Å². The number of nitrogens with one attached hydrogen (secondary N) is 2. The fourth-order valence-electron chi connectivity index (χ4n) is 1.62. The monoisotopic (exact) mass is 376 g/mol. The zero-order valence-electron chi connectivity index (χ0n) is 9.85. The van der Waals surface area contributed by atoms with Gasteiger partial charge in [-0.15, -0.1) is 0 Å². The molecule has 1 aromatic heterocycles. The second-order valence-corrected chi connectivity index (χ2v) is 5.10. The van der Waals surface area contributed by atoms with Gasteiger partial charge in [-0.2, -0.15) is 5.10 Å². The number of halogens is 2. The summed E-state index contributed by atoms with van der Waals surface area (Å²) in [7, 11) is 0. The quantitative estimate of drug-likeness (QED) is 0.488. The fourth-order valence-corrected chi connectivity index (χ4v) is 2.07. The molecule has 8 heteroatoms. The van der Waals surface area contributed by atoms with Gasteiger partial charge in [-0.3, -0.25) is 15.2 Å². The van der Waals surface area contributed by atoms with Crippen molar-refractivity contribution in [2.45, 2.75) is 13.0 Å². The molecule has 19 heavy (non-hydrogen) atoms. The van der Waals surface area contributed by atoms with E-state index < -0.39 is 10.7 Å². The van der Waals surface area contributed by atoms with Gasteiger partial charge in [0.25, 0.3) is 5.69 Å². The highest BCUT2D eigenvalue weighted by atomic mass is 127. The lowest BCUT2D eigenvalue weighted by Crippen LogP contribution is -2.08. The Kier molecular flexibility index (Phi) is 3.98. The van der Waals surface area contributed by atoms with Crippen LogP contribution in [-0.4, -0.2) is 15.1 Å². The lowest BCUT2D eigenvalue weighted by Gasteiger charge is -2.14. The van der Waals surface area contributed by atoms with Gasteiger partial charge in [0.05, 0.1) is 20.7 Å². The Morgan fingerprint density at radius 3 is 2.89 bits per heavy atom. The number of nitro benzene ring substituents is 1. The smallest absolute Gasteiger partial charge is 0.293 e. The SMILES string of the molecule is CC(Nc1cc(F)c(I)cc1[N+](=O)[O-])c1cn[nH]c1. The van der Waals surface area contributed by atoms with Crippen molar-refractivity contribution in [3.63, 3.8) is 0 Å². The highest BCUT2D eigenvalue weighted by molar-refractivity contribution is 14.1. The van der Waals surface area contributed by atoms with E-state index >= 15 is 0 Å². The number of nitro groups is 1. The van der Waals surface area contributed by atoms with Crippen LogP contribution >= 0.6 is 22.6 Å². The number of aromatic amines is 1. The summed E-state index contributed by atoms with van der Waals surface area (Å²) in [5, 5.41) is 20.3. The highest BCUT2D eigenvalue weighted by Gasteiger charge is 2.19. The summed E-state index contributed by atoms with van der Waals surface area (Å²) < 4.78 is 13.7. The molecule has 0 bridgehead atoms. The summed E-state index contributed by atoms with van der Waals surface area (Å²) in [5.74, 6) is -0.493. The largest absolute Gasteiger partial charge is 0.373 e. The number of nitrogens with zero attached hydrogens (tertiary/aromatic N) is 2. The molecule has 0 aliphatic rings. The fraction of sp³-hybridized carbons (Fsp3) is 0.182. The Morgan fingerprint density at radius 1 is 1.58 bits per heavy atom. The van der Waals surface area contributed by atoms with Gasteiger partial charge in [0.15, 0.2) is 0 Å². The molecule has 1 unspecified atom stereocenters. The standard InChI is InChI=1S/C11H10FIN4O2/c1-6(7-4-14-15-5-7)16-10-2-8(12)9(13)3-11(10)17(18)19/h2-6,16H,1H3,(H,14,15). The van der Waals surface area contributed by atoms with Crippen LogP contribution < -0.4 is 5.32 Å². The van der Waals surface area contributed by atoms with E-state index in [1.165, 1.54) is 6.07 Å². The van der Waals surface area contributed by atoms with Crippen molar-refractivity contribution in [1.82, 2.24) is 10.2 Å². The number of benzene rings is 1. The number of hydrogen-bond donors (Lipinski definition) is 2. The third kappa shape index (κ3) is 3.00. The first-order valence-electron chi connectivity index (χ1n) is 5.37. The molecule has 0 radical (unpaired) electrons. The van der Waals surface area contributed by atoms with Crippen molar-refractivity contribution in [3.8, 4) is 0 Å². The first-order valence-corrected chi connectivity index (χ1v) is 6.45. The number of hydrogen-bond acceptors (Lipinski definition) is 4. The summed E-state index contributed by atoms with van der Waals surface area (Å²) in [4.78, 5) is 10.4. The number of rotatable bonds is 4. The van der Waals surface area contributed by atoms with Crippen LogP contribution in [0, 0.1) is 19.5 Å². The van der Waals surface area contributed by atoms with Crippen molar-refractivity contribution >= 4 is 34.0 Å². The molecular weight excluding hydrogens is 366 g/mol. The zero-order valence-corrected chi connectivity index (χ0v) is 12.0. The molecule has 1 atom stereocenters. The van der Waals surface area contributed by atoms with E-state index in [-0.39, 0.29) is 21.0 Å². The average Bonchev–Trinajstić information content (AvgIpc) is 2.86. The van der Waals surface area contributed by atoms with E-state index in [4.69, 9.17) is 0 Å². The van der Waals surface area contributed by atoms with E-state index in [0.717, 1.165) is 11.6 Å². The average molecular weight is 376 g/mol. The Morgan fingerprint density at radius 2 is 2.32 bits per heavy atom. The molecule has 0 fully saturated rings. The Labute approximate surface area is 121 Å². The minimum atomic E-state index is -0.536. The van der Waals surface area contributed by atoms with Gasteiger partial charge in [-0.1, -0.05) is 0 Å². The van der Waals surface area contributed by atoms with Crippen LogP contribution in [-0.2, 0) is 0 Å².